The average Bonchev–Trinajstić information content (AvgIpc) is 3.90. The van der Waals surface area contributed by atoms with Gasteiger partial charge in [-0.1, -0.05) is 91.0 Å². The molecule has 2 aromatic heterocycles. The normalized spacial score (nSPS) is 28.7. The van der Waals surface area contributed by atoms with Crippen LogP contribution in [-0.2, 0) is 5.41 Å². The standard InChI is InChI=1S/C46H33NS/c1-4-12-37-32(8-1)36-24-30(17-19-38(36)46(37)29-22-27-21-28-23-43(46)45(27,28)25-29)47-39-13-5-2-10-35(39)44-31(11-7-14-40(44)47)26-16-18-34-33-9-3-6-15-41(33)48-42(34)20-26/h1-20,24,27-29,43H,21-23,25H2. The molecule has 0 amide bonds. The lowest BCUT2D eigenvalue weighted by Crippen LogP contribution is -2.65. The van der Waals surface area contributed by atoms with Gasteiger partial charge in [-0.3, -0.25) is 0 Å². The van der Waals surface area contributed by atoms with E-state index >= 15 is 0 Å². The second-order valence-corrected chi connectivity index (χ2v) is 16.8. The molecule has 0 radical (unpaired) electrons. The van der Waals surface area contributed by atoms with Gasteiger partial charge in [-0.2, -0.15) is 0 Å². The zero-order valence-electron chi connectivity index (χ0n) is 26.6. The largest absolute Gasteiger partial charge is 0.309 e. The first-order valence-corrected chi connectivity index (χ1v) is 18.8. The Morgan fingerprint density at radius 1 is 0.542 bits per heavy atom. The topological polar surface area (TPSA) is 4.93 Å². The molecule has 1 nitrogen and oxygen atoms in total. The minimum Gasteiger partial charge on any atom is -0.309 e. The van der Waals surface area contributed by atoms with Gasteiger partial charge in [0.15, 0.2) is 0 Å². The third-order valence-electron chi connectivity index (χ3n) is 14.4. The van der Waals surface area contributed by atoms with E-state index in [-0.39, 0.29) is 5.41 Å². The zero-order valence-corrected chi connectivity index (χ0v) is 27.4. The molecule has 5 aliphatic carbocycles. The molecule has 228 valence electrons. The van der Waals surface area contributed by atoms with Crippen molar-refractivity contribution in [2.45, 2.75) is 31.1 Å². The van der Waals surface area contributed by atoms with Gasteiger partial charge in [-0.05, 0) is 125 Å². The maximum Gasteiger partial charge on any atom is 0.0547 e. The van der Waals surface area contributed by atoms with Crippen LogP contribution in [0.25, 0.3) is 69.9 Å². The molecule has 13 rings (SSSR count). The van der Waals surface area contributed by atoms with Crippen LogP contribution in [0.15, 0.2) is 127 Å². The zero-order chi connectivity index (χ0) is 30.9. The number of para-hydroxylation sites is 1. The summed E-state index contributed by atoms with van der Waals surface area (Å²) in [6.07, 6.45) is 5.90. The van der Waals surface area contributed by atoms with Gasteiger partial charge in [-0.15, -0.1) is 11.3 Å². The van der Waals surface area contributed by atoms with E-state index in [1.807, 2.05) is 11.3 Å². The van der Waals surface area contributed by atoms with Crippen molar-refractivity contribution in [2.24, 2.45) is 29.1 Å². The van der Waals surface area contributed by atoms with E-state index in [1.54, 1.807) is 11.1 Å². The molecule has 0 saturated heterocycles. The van der Waals surface area contributed by atoms with E-state index in [4.69, 9.17) is 0 Å². The highest BCUT2D eigenvalue weighted by Gasteiger charge is 2.82. The fourth-order valence-electron chi connectivity index (χ4n) is 12.8. The smallest absolute Gasteiger partial charge is 0.0547 e. The van der Waals surface area contributed by atoms with Crippen molar-refractivity contribution >= 4 is 53.3 Å². The summed E-state index contributed by atoms with van der Waals surface area (Å²) in [5, 5.41) is 5.37. The van der Waals surface area contributed by atoms with Crippen molar-refractivity contribution in [3.63, 3.8) is 0 Å². The number of fused-ring (bicyclic) bond motifs is 14. The number of benzene rings is 6. The van der Waals surface area contributed by atoms with Crippen molar-refractivity contribution in [1.29, 1.82) is 0 Å². The summed E-state index contributed by atoms with van der Waals surface area (Å²) in [7, 11) is 0. The summed E-state index contributed by atoms with van der Waals surface area (Å²) in [4.78, 5) is 0. The Balaban J connectivity index is 1.03. The van der Waals surface area contributed by atoms with Crippen LogP contribution >= 0.6 is 11.3 Å². The summed E-state index contributed by atoms with van der Waals surface area (Å²) in [5.74, 6) is 3.68. The number of hydrogen-bond donors (Lipinski definition) is 0. The van der Waals surface area contributed by atoms with Crippen LogP contribution < -0.4 is 0 Å². The fraction of sp³-hybridized carbons (Fsp3) is 0.217. The maximum absolute atomic E-state index is 2.57. The van der Waals surface area contributed by atoms with Gasteiger partial charge in [0.1, 0.15) is 0 Å². The molecule has 4 fully saturated rings. The van der Waals surface area contributed by atoms with Crippen molar-refractivity contribution < 1.29 is 0 Å². The minimum absolute atomic E-state index is 0.233. The summed E-state index contributed by atoms with van der Waals surface area (Å²) in [5.41, 5.74) is 13.6. The Bertz CT molecular complexity index is 2740. The van der Waals surface area contributed by atoms with Gasteiger partial charge in [0, 0.05) is 42.0 Å². The second-order valence-electron chi connectivity index (χ2n) is 15.7. The van der Waals surface area contributed by atoms with Crippen molar-refractivity contribution in [2.75, 3.05) is 0 Å². The monoisotopic (exact) mass is 631 g/mol. The first-order valence-electron chi connectivity index (χ1n) is 17.9. The summed E-state index contributed by atoms with van der Waals surface area (Å²) in [6.45, 7) is 0. The molecule has 2 heterocycles. The molecular formula is C46H33NS. The SMILES string of the molecule is c1ccc2c(c1)-c1cc(-n3c4ccccc4c4c(-c5ccc6c(c5)sc5ccccc56)cccc43)ccc1C21C2CC3CC4CC1C34C2. The molecule has 0 aliphatic heterocycles. The molecule has 8 aromatic rings. The highest BCUT2D eigenvalue weighted by molar-refractivity contribution is 7.25. The predicted octanol–water partition coefficient (Wildman–Crippen LogP) is 12.2. The number of rotatable bonds is 2. The first kappa shape index (κ1) is 25.4. The Morgan fingerprint density at radius 2 is 1.29 bits per heavy atom. The number of nitrogens with zero attached hydrogens (tertiary/aromatic N) is 1. The number of thiophene rings is 1. The lowest BCUT2D eigenvalue weighted by molar-refractivity contribution is -0.193. The third kappa shape index (κ3) is 2.65. The van der Waals surface area contributed by atoms with Gasteiger partial charge in [-0.25, -0.2) is 0 Å². The Kier molecular flexibility index (Phi) is 4.39. The summed E-state index contributed by atoms with van der Waals surface area (Å²) in [6, 6.07) is 49.0. The van der Waals surface area contributed by atoms with Crippen LogP contribution in [0.4, 0.5) is 0 Å². The van der Waals surface area contributed by atoms with Crippen LogP contribution in [0.3, 0.4) is 0 Å². The van der Waals surface area contributed by atoms with Gasteiger partial charge in [0.05, 0.1) is 11.0 Å². The molecule has 0 N–H and O–H groups in total. The number of aromatic nitrogens is 1. The van der Waals surface area contributed by atoms with Crippen LogP contribution in [0.5, 0.6) is 0 Å². The Morgan fingerprint density at radius 3 is 2.23 bits per heavy atom. The van der Waals surface area contributed by atoms with Gasteiger partial charge < -0.3 is 4.57 Å². The third-order valence-corrected chi connectivity index (χ3v) is 15.5. The highest BCUT2D eigenvalue weighted by Crippen LogP contribution is 2.88. The van der Waals surface area contributed by atoms with E-state index in [0.717, 1.165) is 23.7 Å². The first-order chi connectivity index (χ1) is 23.7. The van der Waals surface area contributed by atoms with Crippen LogP contribution in [0.1, 0.15) is 36.8 Å². The van der Waals surface area contributed by atoms with E-state index in [2.05, 4.69) is 132 Å². The lowest BCUT2D eigenvalue weighted by atomic mass is 9.34. The van der Waals surface area contributed by atoms with Crippen LogP contribution in [0.2, 0.25) is 0 Å². The molecule has 6 atom stereocenters. The van der Waals surface area contributed by atoms with Gasteiger partial charge >= 0.3 is 0 Å². The summed E-state index contributed by atoms with van der Waals surface area (Å²) < 4.78 is 5.25. The van der Waals surface area contributed by atoms with Crippen molar-refractivity contribution in [1.82, 2.24) is 4.57 Å². The molecule has 48 heavy (non-hydrogen) atoms. The molecule has 5 aliphatic rings. The van der Waals surface area contributed by atoms with E-state index in [1.165, 1.54) is 95.6 Å². The number of hydrogen-bond acceptors (Lipinski definition) is 1. The molecular weight excluding hydrogens is 599 g/mol. The minimum atomic E-state index is 0.233. The molecule has 2 heteroatoms. The van der Waals surface area contributed by atoms with Crippen LogP contribution in [0, 0.1) is 29.1 Å². The van der Waals surface area contributed by atoms with Crippen molar-refractivity contribution in [3.05, 3.63) is 139 Å². The second kappa shape index (κ2) is 8.31. The molecule has 4 saturated carbocycles. The van der Waals surface area contributed by atoms with Crippen molar-refractivity contribution in [3.8, 4) is 27.9 Å². The molecule has 2 spiro atoms. The van der Waals surface area contributed by atoms with E-state index in [0.29, 0.717) is 5.41 Å². The lowest BCUT2D eigenvalue weighted by Gasteiger charge is -2.70. The predicted molar refractivity (Wildman–Crippen MR) is 200 cm³/mol. The molecule has 6 unspecified atom stereocenters. The highest BCUT2D eigenvalue weighted by atomic mass is 32.1. The maximum atomic E-state index is 2.57. The average molecular weight is 632 g/mol. The fourth-order valence-corrected chi connectivity index (χ4v) is 13.9. The molecule has 6 aromatic carbocycles. The van der Waals surface area contributed by atoms with Gasteiger partial charge in [0.25, 0.3) is 0 Å². The van der Waals surface area contributed by atoms with E-state index in [9.17, 15) is 0 Å². The Hall–Kier alpha value is -4.66. The van der Waals surface area contributed by atoms with E-state index < -0.39 is 0 Å². The van der Waals surface area contributed by atoms with Gasteiger partial charge in [0.2, 0.25) is 0 Å². The van der Waals surface area contributed by atoms with Crippen LogP contribution in [-0.4, -0.2) is 4.57 Å². The summed E-state index contributed by atoms with van der Waals surface area (Å²) >= 11 is 1.90. The quantitative estimate of drug-likeness (QED) is 0.179. The molecule has 2 bridgehead atoms. The Labute approximate surface area is 283 Å².